The van der Waals surface area contributed by atoms with Crippen LogP contribution in [0.2, 0.25) is 5.15 Å². The van der Waals surface area contributed by atoms with E-state index in [-0.39, 0.29) is 10.7 Å². The summed E-state index contributed by atoms with van der Waals surface area (Å²) in [7, 11) is 0.0290. The van der Waals surface area contributed by atoms with E-state index < -0.39 is 0 Å². The van der Waals surface area contributed by atoms with Crippen LogP contribution in [0.3, 0.4) is 0 Å². The van der Waals surface area contributed by atoms with Gasteiger partial charge in [-0.05, 0) is 24.6 Å². The largest absolute Gasteiger partial charge is 0.216 e. The number of aromatic nitrogens is 1. The van der Waals surface area contributed by atoms with Crippen LogP contribution in [0.25, 0.3) is 0 Å². The molecule has 1 aromatic rings. The van der Waals surface area contributed by atoms with E-state index in [1.54, 1.807) is 6.07 Å². The lowest BCUT2D eigenvalue weighted by molar-refractivity contribution is 1.29. The van der Waals surface area contributed by atoms with E-state index in [0.29, 0.717) is 11.0 Å². The Hall–Kier alpha value is -0.410. The molecule has 1 heterocycles. The Morgan fingerprint density at radius 3 is 2.73 bits per heavy atom. The number of rotatable bonds is 1. The number of hydrogen-bond donors (Lipinski definition) is 0. The normalized spacial score (nSPS) is 10.2. The first-order valence-electron chi connectivity index (χ1n) is 3.10. The molecule has 0 aromatic carbocycles. The van der Waals surface area contributed by atoms with Crippen molar-refractivity contribution in [3.63, 3.8) is 0 Å². The fourth-order valence-corrected chi connectivity index (χ4v) is 1.27. The molecular weight excluding hydrogens is 180 g/mol. The Kier molecular flexibility index (Phi) is 3.02. The van der Waals surface area contributed by atoms with Crippen LogP contribution in [0.5, 0.6) is 0 Å². The van der Waals surface area contributed by atoms with Crippen LogP contribution in [0.15, 0.2) is 22.6 Å². The molecule has 0 fully saturated rings. The summed E-state index contributed by atoms with van der Waals surface area (Å²) >= 11 is 5.66. The highest BCUT2D eigenvalue weighted by molar-refractivity contribution is 7.85. The highest BCUT2D eigenvalue weighted by Crippen LogP contribution is 2.12. The van der Waals surface area contributed by atoms with E-state index in [4.69, 9.17) is 11.6 Å². The van der Waals surface area contributed by atoms with Crippen molar-refractivity contribution < 1.29 is 0 Å². The van der Waals surface area contributed by atoms with Gasteiger partial charge in [-0.1, -0.05) is 28.4 Å². The van der Waals surface area contributed by atoms with Crippen molar-refractivity contribution >= 4 is 28.1 Å². The predicted molar refractivity (Wildman–Crippen MR) is 50.5 cm³/mol. The second-order valence-corrected chi connectivity index (χ2v) is 4.30. The summed E-state index contributed by atoms with van der Waals surface area (Å²) in [6.45, 7) is 0. The molecule has 0 unspecified atom stereocenters. The first-order chi connectivity index (χ1) is 5.18. The molecule has 0 spiro atoms. The van der Waals surface area contributed by atoms with Crippen LogP contribution >= 0.6 is 11.6 Å². The van der Waals surface area contributed by atoms with Gasteiger partial charge in [-0.2, -0.15) is 0 Å². The average molecular weight is 189 g/mol. The van der Waals surface area contributed by atoms with Crippen molar-refractivity contribution in [2.75, 3.05) is 12.5 Å². The Morgan fingerprint density at radius 1 is 1.45 bits per heavy atom. The van der Waals surface area contributed by atoms with Crippen molar-refractivity contribution in [2.24, 2.45) is 4.36 Å². The molecule has 4 heteroatoms. The van der Waals surface area contributed by atoms with E-state index in [2.05, 4.69) is 9.35 Å². The lowest BCUT2D eigenvalue weighted by Gasteiger charge is -1.93. The smallest absolute Gasteiger partial charge is 0.160 e. The first kappa shape index (κ1) is 8.68. The minimum absolute atomic E-state index is 0.0290. The SMILES string of the molecule is CS(C)=Nc1cccc(Cl)n1. The van der Waals surface area contributed by atoms with Crippen LogP contribution in [-0.4, -0.2) is 17.5 Å². The van der Waals surface area contributed by atoms with Gasteiger partial charge in [0.05, 0.1) is 0 Å². The molecule has 0 saturated carbocycles. The number of hydrogen-bond acceptors (Lipinski definition) is 2. The van der Waals surface area contributed by atoms with E-state index in [1.165, 1.54) is 0 Å². The molecular formula is C7H9ClN2S. The van der Waals surface area contributed by atoms with E-state index >= 15 is 0 Å². The quantitative estimate of drug-likeness (QED) is 0.622. The molecule has 0 aliphatic rings. The number of nitrogens with zero attached hydrogens (tertiary/aromatic N) is 2. The molecule has 0 amide bonds. The zero-order chi connectivity index (χ0) is 8.27. The monoisotopic (exact) mass is 188 g/mol. The Balaban J connectivity index is 2.97. The van der Waals surface area contributed by atoms with Gasteiger partial charge in [-0.3, -0.25) is 0 Å². The van der Waals surface area contributed by atoms with Crippen molar-refractivity contribution in [1.82, 2.24) is 4.98 Å². The zero-order valence-electron chi connectivity index (χ0n) is 6.41. The molecule has 0 saturated heterocycles. The van der Waals surface area contributed by atoms with E-state index in [1.807, 2.05) is 24.6 Å². The van der Waals surface area contributed by atoms with E-state index in [9.17, 15) is 0 Å². The third-order valence-electron chi connectivity index (χ3n) is 0.977. The van der Waals surface area contributed by atoms with Gasteiger partial charge in [0.1, 0.15) is 5.15 Å². The summed E-state index contributed by atoms with van der Waals surface area (Å²) in [6, 6.07) is 5.43. The summed E-state index contributed by atoms with van der Waals surface area (Å²) in [5.41, 5.74) is 0. The number of halogens is 1. The molecule has 1 aromatic heterocycles. The third-order valence-corrected chi connectivity index (χ3v) is 1.74. The lowest BCUT2D eigenvalue weighted by atomic mass is 10.5. The topological polar surface area (TPSA) is 25.2 Å². The average Bonchev–Trinajstić information content (AvgIpc) is 1.85. The summed E-state index contributed by atoms with van der Waals surface area (Å²) in [4.78, 5) is 4.02. The highest BCUT2D eigenvalue weighted by atomic mass is 35.5. The van der Waals surface area contributed by atoms with Crippen molar-refractivity contribution in [3.05, 3.63) is 23.4 Å². The fraction of sp³-hybridized carbons (Fsp3) is 0.286. The Labute approximate surface area is 73.7 Å². The van der Waals surface area contributed by atoms with Gasteiger partial charge < -0.3 is 0 Å². The van der Waals surface area contributed by atoms with Crippen LogP contribution < -0.4 is 0 Å². The minimum Gasteiger partial charge on any atom is -0.216 e. The maximum atomic E-state index is 5.66. The predicted octanol–water partition coefficient (Wildman–Crippen LogP) is 2.43. The summed E-state index contributed by atoms with van der Waals surface area (Å²) in [5.74, 6) is 0.714. The highest BCUT2D eigenvalue weighted by Gasteiger charge is 1.90. The second-order valence-electron chi connectivity index (χ2n) is 2.18. The van der Waals surface area contributed by atoms with Crippen molar-refractivity contribution in [2.45, 2.75) is 0 Å². The van der Waals surface area contributed by atoms with Gasteiger partial charge in [-0.25, -0.2) is 9.35 Å². The van der Waals surface area contributed by atoms with Crippen LogP contribution in [-0.2, 0) is 10.7 Å². The zero-order valence-corrected chi connectivity index (χ0v) is 7.99. The Morgan fingerprint density at radius 2 is 2.18 bits per heavy atom. The lowest BCUT2D eigenvalue weighted by Crippen LogP contribution is -1.79. The van der Waals surface area contributed by atoms with Gasteiger partial charge >= 0.3 is 0 Å². The Bertz CT molecular complexity index is 282. The van der Waals surface area contributed by atoms with Crippen LogP contribution in [0.4, 0.5) is 5.82 Å². The van der Waals surface area contributed by atoms with Gasteiger partial charge in [0.15, 0.2) is 5.82 Å². The molecule has 0 aliphatic carbocycles. The van der Waals surface area contributed by atoms with Gasteiger partial charge in [0.25, 0.3) is 0 Å². The first-order valence-corrected chi connectivity index (χ1v) is 5.48. The van der Waals surface area contributed by atoms with Gasteiger partial charge in [0, 0.05) is 0 Å². The summed E-state index contributed by atoms with van der Waals surface area (Å²) in [6.07, 6.45) is 4.06. The van der Waals surface area contributed by atoms with Crippen LogP contribution in [0.1, 0.15) is 0 Å². The van der Waals surface area contributed by atoms with Gasteiger partial charge in [-0.15, -0.1) is 0 Å². The molecule has 1 rings (SSSR count). The molecule has 60 valence electrons. The molecule has 11 heavy (non-hydrogen) atoms. The number of pyridine rings is 1. The fourth-order valence-electron chi connectivity index (χ4n) is 0.635. The maximum Gasteiger partial charge on any atom is 0.160 e. The molecule has 0 radical (unpaired) electrons. The third kappa shape index (κ3) is 2.99. The molecule has 2 nitrogen and oxygen atoms in total. The minimum atomic E-state index is 0.0290. The molecule has 0 atom stereocenters. The van der Waals surface area contributed by atoms with Crippen LogP contribution in [0, 0.1) is 0 Å². The molecule has 0 N–H and O–H groups in total. The van der Waals surface area contributed by atoms with Gasteiger partial charge in [0.2, 0.25) is 0 Å². The maximum absolute atomic E-state index is 5.66. The van der Waals surface area contributed by atoms with Crippen molar-refractivity contribution in [1.29, 1.82) is 0 Å². The molecule has 0 bridgehead atoms. The summed E-state index contributed by atoms with van der Waals surface area (Å²) < 4.78 is 4.25. The standard InChI is InChI=1S/C7H9ClN2S/c1-11(2)10-7-5-3-4-6(8)9-7/h3-5H,1-2H3. The second kappa shape index (κ2) is 3.83. The van der Waals surface area contributed by atoms with Crippen molar-refractivity contribution in [3.8, 4) is 0 Å². The van der Waals surface area contributed by atoms with E-state index in [0.717, 1.165) is 0 Å². The summed E-state index contributed by atoms with van der Waals surface area (Å²) in [5, 5.41) is 0.497. The molecule has 0 aliphatic heterocycles.